The lowest BCUT2D eigenvalue weighted by Gasteiger charge is -2.31. The minimum absolute atomic E-state index is 0.0764. The normalized spacial score (nSPS) is 16.2. The molecule has 1 saturated heterocycles. The van der Waals surface area contributed by atoms with E-state index in [0.29, 0.717) is 17.6 Å². The fourth-order valence-corrected chi connectivity index (χ4v) is 3.17. The van der Waals surface area contributed by atoms with Gasteiger partial charge in [0, 0.05) is 25.6 Å². The molecule has 25 heavy (non-hydrogen) atoms. The second-order valence-electron chi connectivity index (χ2n) is 6.59. The van der Waals surface area contributed by atoms with E-state index in [1.54, 1.807) is 12.1 Å². The molecule has 2 heterocycles. The highest BCUT2D eigenvalue weighted by Crippen LogP contribution is 2.17. The Kier molecular flexibility index (Phi) is 5.75. The molecule has 0 bridgehead atoms. The first kappa shape index (κ1) is 17.5. The first-order chi connectivity index (χ1) is 12.2. The molecule has 1 fully saturated rings. The summed E-state index contributed by atoms with van der Waals surface area (Å²) in [6.07, 6.45) is 3.73. The number of rotatable bonds is 6. The van der Waals surface area contributed by atoms with Crippen LogP contribution in [0.4, 0.5) is 0 Å². The summed E-state index contributed by atoms with van der Waals surface area (Å²) in [6, 6.07) is 7.24. The third-order valence-corrected chi connectivity index (χ3v) is 4.75. The third-order valence-electron chi connectivity index (χ3n) is 4.75. The van der Waals surface area contributed by atoms with Crippen molar-refractivity contribution in [1.29, 1.82) is 0 Å². The van der Waals surface area contributed by atoms with E-state index in [4.69, 9.17) is 0 Å². The molecule has 1 aliphatic rings. The van der Waals surface area contributed by atoms with Gasteiger partial charge in [-0.2, -0.15) is 4.68 Å². The molecule has 134 valence electrons. The molecule has 0 radical (unpaired) electrons. The van der Waals surface area contributed by atoms with Crippen LogP contribution in [0, 0.1) is 5.92 Å². The second-order valence-corrected chi connectivity index (χ2v) is 6.59. The lowest BCUT2D eigenvalue weighted by atomic mass is 9.96. The van der Waals surface area contributed by atoms with Gasteiger partial charge in [0.25, 0.3) is 5.56 Å². The predicted octanol–water partition coefficient (Wildman–Crippen LogP) is 1.38. The van der Waals surface area contributed by atoms with Gasteiger partial charge in [-0.3, -0.25) is 14.5 Å². The van der Waals surface area contributed by atoms with Crippen molar-refractivity contribution in [3.05, 3.63) is 34.6 Å². The van der Waals surface area contributed by atoms with E-state index in [1.165, 1.54) is 4.68 Å². The maximum atomic E-state index is 12.5. The highest BCUT2D eigenvalue weighted by molar-refractivity contribution is 5.78. The van der Waals surface area contributed by atoms with Crippen molar-refractivity contribution in [3.8, 4) is 0 Å². The molecule has 1 aromatic carbocycles. The maximum absolute atomic E-state index is 12.5. The third kappa shape index (κ3) is 4.22. The SMILES string of the molecule is CCCCNC(=O)C1CCN(Cn2nnc3ccccc3c2=O)CC1. The van der Waals surface area contributed by atoms with Crippen molar-refractivity contribution in [1.82, 2.24) is 25.2 Å². The molecule has 0 aliphatic carbocycles. The summed E-state index contributed by atoms with van der Waals surface area (Å²) >= 11 is 0. The number of aromatic nitrogens is 3. The topological polar surface area (TPSA) is 80.1 Å². The van der Waals surface area contributed by atoms with E-state index in [1.807, 2.05) is 12.1 Å². The highest BCUT2D eigenvalue weighted by Gasteiger charge is 2.25. The zero-order valence-electron chi connectivity index (χ0n) is 14.6. The Bertz CT molecular complexity index is 780. The predicted molar refractivity (Wildman–Crippen MR) is 96.0 cm³/mol. The largest absolute Gasteiger partial charge is 0.356 e. The lowest BCUT2D eigenvalue weighted by molar-refractivity contribution is -0.126. The van der Waals surface area contributed by atoms with Gasteiger partial charge in [0.05, 0.1) is 12.1 Å². The Balaban J connectivity index is 1.57. The number of fused-ring (bicyclic) bond motifs is 1. The Morgan fingerprint density at radius 3 is 2.80 bits per heavy atom. The van der Waals surface area contributed by atoms with Gasteiger partial charge in [-0.25, -0.2) is 0 Å². The first-order valence-corrected chi connectivity index (χ1v) is 9.01. The number of piperidine rings is 1. The van der Waals surface area contributed by atoms with Crippen LogP contribution in [0.5, 0.6) is 0 Å². The van der Waals surface area contributed by atoms with E-state index in [2.05, 4.69) is 27.5 Å². The first-order valence-electron chi connectivity index (χ1n) is 9.01. The molecule has 3 rings (SSSR count). The Morgan fingerprint density at radius 2 is 2.04 bits per heavy atom. The van der Waals surface area contributed by atoms with Crippen LogP contribution in [-0.4, -0.2) is 45.4 Å². The molecule has 0 spiro atoms. The van der Waals surface area contributed by atoms with Crippen LogP contribution in [0.25, 0.3) is 10.9 Å². The van der Waals surface area contributed by atoms with Gasteiger partial charge in [0.15, 0.2) is 0 Å². The Labute approximate surface area is 147 Å². The number of nitrogens with zero attached hydrogens (tertiary/aromatic N) is 4. The van der Waals surface area contributed by atoms with Crippen LogP contribution in [0.1, 0.15) is 32.6 Å². The van der Waals surface area contributed by atoms with Crippen molar-refractivity contribution in [3.63, 3.8) is 0 Å². The summed E-state index contributed by atoms with van der Waals surface area (Å²) in [5.74, 6) is 0.239. The molecule has 7 heteroatoms. The van der Waals surface area contributed by atoms with Crippen LogP contribution in [0.2, 0.25) is 0 Å². The molecule has 1 aromatic heterocycles. The Morgan fingerprint density at radius 1 is 1.28 bits per heavy atom. The molecular weight excluding hydrogens is 318 g/mol. The summed E-state index contributed by atoms with van der Waals surface area (Å²) in [5, 5.41) is 11.8. The zero-order valence-corrected chi connectivity index (χ0v) is 14.6. The number of carbonyl (C=O) groups is 1. The number of hydrogen-bond acceptors (Lipinski definition) is 5. The van der Waals surface area contributed by atoms with Gasteiger partial charge >= 0.3 is 0 Å². The van der Waals surface area contributed by atoms with Gasteiger partial charge in [0.2, 0.25) is 5.91 Å². The molecule has 7 nitrogen and oxygen atoms in total. The summed E-state index contributed by atoms with van der Waals surface area (Å²) in [7, 11) is 0. The minimum Gasteiger partial charge on any atom is -0.356 e. The zero-order chi connectivity index (χ0) is 17.6. The molecule has 1 N–H and O–H groups in total. The summed E-state index contributed by atoms with van der Waals surface area (Å²) in [6.45, 7) is 4.86. The van der Waals surface area contributed by atoms with Gasteiger partial charge in [-0.05, 0) is 31.4 Å². The van der Waals surface area contributed by atoms with Crippen molar-refractivity contribution < 1.29 is 4.79 Å². The molecule has 0 atom stereocenters. The number of likely N-dealkylation sites (tertiary alicyclic amines) is 1. The monoisotopic (exact) mass is 343 g/mol. The van der Waals surface area contributed by atoms with Crippen molar-refractivity contribution in [2.75, 3.05) is 19.6 Å². The molecule has 2 aromatic rings. The number of unbranched alkanes of at least 4 members (excludes halogenated alkanes) is 1. The minimum atomic E-state index is -0.120. The van der Waals surface area contributed by atoms with Crippen LogP contribution >= 0.6 is 0 Å². The van der Waals surface area contributed by atoms with Crippen LogP contribution in [-0.2, 0) is 11.5 Å². The molecule has 0 unspecified atom stereocenters. The quantitative estimate of drug-likeness (QED) is 0.802. The van der Waals surface area contributed by atoms with E-state index < -0.39 is 0 Å². The van der Waals surface area contributed by atoms with Gasteiger partial charge in [-0.15, -0.1) is 5.10 Å². The number of benzene rings is 1. The van der Waals surface area contributed by atoms with Crippen molar-refractivity contribution in [2.24, 2.45) is 5.92 Å². The van der Waals surface area contributed by atoms with E-state index in [0.717, 1.165) is 45.3 Å². The van der Waals surface area contributed by atoms with Crippen molar-refractivity contribution in [2.45, 2.75) is 39.3 Å². The summed E-state index contributed by atoms with van der Waals surface area (Å²) < 4.78 is 1.41. The van der Waals surface area contributed by atoms with E-state index in [9.17, 15) is 9.59 Å². The van der Waals surface area contributed by atoms with Crippen molar-refractivity contribution >= 4 is 16.8 Å². The highest BCUT2D eigenvalue weighted by atomic mass is 16.2. The van der Waals surface area contributed by atoms with Gasteiger partial charge < -0.3 is 5.32 Å². The molecule has 0 saturated carbocycles. The number of amides is 1. The lowest BCUT2D eigenvalue weighted by Crippen LogP contribution is -2.43. The molecular formula is C18H25N5O2. The van der Waals surface area contributed by atoms with Crippen LogP contribution in [0.3, 0.4) is 0 Å². The summed E-state index contributed by atoms with van der Waals surface area (Å²) in [4.78, 5) is 26.8. The standard InChI is InChI=1S/C18H25N5O2/c1-2-3-10-19-17(24)14-8-11-22(12-9-14)13-23-18(25)15-6-4-5-7-16(15)20-21-23/h4-7,14H,2-3,8-13H2,1H3,(H,19,24). The smallest absolute Gasteiger partial charge is 0.278 e. The number of hydrogen-bond donors (Lipinski definition) is 1. The fourth-order valence-electron chi connectivity index (χ4n) is 3.17. The average molecular weight is 343 g/mol. The number of nitrogens with one attached hydrogen (secondary N) is 1. The molecule has 1 aliphatic heterocycles. The average Bonchev–Trinajstić information content (AvgIpc) is 2.65. The fraction of sp³-hybridized carbons (Fsp3) is 0.556. The van der Waals surface area contributed by atoms with Crippen LogP contribution < -0.4 is 10.9 Å². The van der Waals surface area contributed by atoms with E-state index in [-0.39, 0.29) is 17.4 Å². The Hall–Kier alpha value is -2.28. The van der Waals surface area contributed by atoms with Gasteiger partial charge in [0.1, 0.15) is 5.52 Å². The molecule has 1 amide bonds. The number of carbonyl (C=O) groups excluding carboxylic acids is 1. The van der Waals surface area contributed by atoms with Crippen LogP contribution in [0.15, 0.2) is 29.1 Å². The van der Waals surface area contributed by atoms with E-state index >= 15 is 0 Å². The summed E-state index contributed by atoms with van der Waals surface area (Å²) in [5.41, 5.74) is 0.497. The van der Waals surface area contributed by atoms with Gasteiger partial charge in [-0.1, -0.05) is 30.7 Å². The maximum Gasteiger partial charge on any atom is 0.278 e. The second kappa shape index (κ2) is 8.20.